The molecule has 0 atom stereocenters. The molecule has 0 nitrogen and oxygen atoms in total. The third-order valence-corrected chi connectivity index (χ3v) is 14.2. The Labute approximate surface area is 186 Å². The van der Waals surface area contributed by atoms with E-state index in [9.17, 15) is 0 Å². The first kappa shape index (κ1) is 21.4. The summed E-state index contributed by atoms with van der Waals surface area (Å²) >= 11 is 8.30. The van der Waals surface area contributed by atoms with Gasteiger partial charge in [0.25, 0.3) is 0 Å². The predicted molar refractivity (Wildman–Crippen MR) is 136 cm³/mol. The van der Waals surface area contributed by atoms with Crippen LogP contribution in [-0.4, -0.2) is 6.16 Å². The molecule has 30 heavy (non-hydrogen) atoms. The minimum absolute atomic E-state index is 0.165. The van der Waals surface area contributed by atoms with Crippen molar-refractivity contribution in [1.29, 1.82) is 0 Å². The molecule has 0 saturated carbocycles. The first-order valence-corrected chi connectivity index (χ1v) is 14.3. The molecule has 2 heteroatoms. The Bertz CT molecular complexity index is 936. The molecule has 0 bridgehead atoms. The average Bonchev–Trinajstić information content (AvgIpc) is 2.78. The van der Waals surface area contributed by atoms with Crippen LogP contribution in [0.1, 0.15) is 40.0 Å². The van der Waals surface area contributed by atoms with E-state index in [-0.39, 0.29) is 5.41 Å². The standard InChI is InChI=1S/C28H32ClP/c1-23-14-13-21-28(2,3)27(23)22-30(29,24-15-7-4-8-16-24,25-17-9-5-10-18-25)26-19-11-6-12-20-26/h4-12,15-20H,13-14,21-22H2,1-3H3. The number of allylic oxidation sites excluding steroid dienone is 2. The molecule has 0 spiro atoms. The van der Waals surface area contributed by atoms with Crippen LogP contribution in [0.5, 0.6) is 0 Å². The molecule has 0 fully saturated rings. The predicted octanol–water partition coefficient (Wildman–Crippen LogP) is 7.20. The fourth-order valence-corrected chi connectivity index (χ4v) is 11.7. The van der Waals surface area contributed by atoms with Crippen molar-refractivity contribution in [2.45, 2.75) is 40.0 Å². The van der Waals surface area contributed by atoms with Gasteiger partial charge in [0.2, 0.25) is 0 Å². The number of hydrogen-bond donors (Lipinski definition) is 0. The van der Waals surface area contributed by atoms with E-state index in [0.717, 1.165) is 6.16 Å². The summed E-state index contributed by atoms with van der Waals surface area (Å²) in [7, 11) is 0. The molecule has 0 saturated heterocycles. The van der Waals surface area contributed by atoms with Gasteiger partial charge in [-0.3, -0.25) is 0 Å². The second kappa shape index (κ2) is 7.99. The number of halogens is 1. The number of rotatable bonds is 5. The van der Waals surface area contributed by atoms with E-state index >= 15 is 0 Å². The van der Waals surface area contributed by atoms with Crippen molar-refractivity contribution in [3.63, 3.8) is 0 Å². The maximum atomic E-state index is 8.30. The van der Waals surface area contributed by atoms with Crippen LogP contribution in [0.3, 0.4) is 0 Å². The van der Waals surface area contributed by atoms with Crippen LogP contribution in [0.4, 0.5) is 0 Å². The Morgan fingerprint density at radius 3 is 1.50 bits per heavy atom. The summed E-state index contributed by atoms with van der Waals surface area (Å²) in [5, 5.41) is 3.76. The Morgan fingerprint density at radius 1 is 0.733 bits per heavy atom. The van der Waals surface area contributed by atoms with Gasteiger partial charge in [0.1, 0.15) is 0 Å². The normalized spacial score (nSPS) is 17.9. The quantitative estimate of drug-likeness (QED) is 0.294. The van der Waals surface area contributed by atoms with Gasteiger partial charge < -0.3 is 0 Å². The summed E-state index contributed by atoms with van der Waals surface area (Å²) in [5.41, 5.74) is 3.25. The summed E-state index contributed by atoms with van der Waals surface area (Å²) in [6, 6.07) is 32.6. The van der Waals surface area contributed by atoms with Gasteiger partial charge in [-0.15, -0.1) is 0 Å². The minimum atomic E-state index is -3.25. The first-order chi connectivity index (χ1) is 14.4. The van der Waals surface area contributed by atoms with Gasteiger partial charge in [0.05, 0.1) is 0 Å². The SMILES string of the molecule is CC1=C(CP(Cl)(c2ccccc2)(c2ccccc2)c2ccccc2)C(C)(C)CCC1. The van der Waals surface area contributed by atoms with E-state index in [2.05, 4.69) is 112 Å². The zero-order valence-electron chi connectivity index (χ0n) is 18.3. The fourth-order valence-electron chi connectivity index (χ4n) is 5.26. The second-order valence-corrected chi connectivity index (χ2v) is 15.8. The molecule has 1 aliphatic carbocycles. The number of benzene rings is 3. The molecular formula is C28H32ClP. The van der Waals surface area contributed by atoms with Gasteiger partial charge in [-0.25, -0.2) is 0 Å². The van der Waals surface area contributed by atoms with Crippen LogP contribution in [0, 0.1) is 5.41 Å². The molecule has 0 amide bonds. The molecule has 0 aliphatic heterocycles. The maximum absolute atomic E-state index is 8.30. The third kappa shape index (κ3) is 3.45. The van der Waals surface area contributed by atoms with Gasteiger partial charge in [-0.1, -0.05) is 0 Å². The van der Waals surface area contributed by atoms with Crippen LogP contribution < -0.4 is 15.9 Å². The molecule has 156 valence electrons. The van der Waals surface area contributed by atoms with Crippen LogP contribution in [-0.2, 0) is 0 Å². The molecule has 3 aromatic carbocycles. The average molecular weight is 435 g/mol. The summed E-state index contributed by atoms with van der Waals surface area (Å²) < 4.78 is 0. The second-order valence-electron chi connectivity index (χ2n) is 9.34. The Kier molecular flexibility index (Phi) is 5.69. The molecule has 0 N–H and O–H groups in total. The van der Waals surface area contributed by atoms with Crippen molar-refractivity contribution in [2.75, 3.05) is 6.16 Å². The van der Waals surface area contributed by atoms with Gasteiger partial charge >= 0.3 is 187 Å². The van der Waals surface area contributed by atoms with Crippen molar-refractivity contribution in [2.24, 2.45) is 5.41 Å². The van der Waals surface area contributed by atoms with Crippen LogP contribution in [0.25, 0.3) is 0 Å². The van der Waals surface area contributed by atoms with Crippen molar-refractivity contribution >= 4 is 33.1 Å². The van der Waals surface area contributed by atoms with Crippen LogP contribution >= 0.6 is 17.2 Å². The fraction of sp³-hybridized carbons (Fsp3) is 0.286. The summed E-state index contributed by atoms with van der Waals surface area (Å²) in [6.45, 7) is 7.14. The van der Waals surface area contributed by atoms with Gasteiger partial charge in [0, 0.05) is 0 Å². The van der Waals surface area contributed by atoms with Gasteiger partial charge in [-0.05, 0) is 0 Å². The van der Waals surface area contributed by atoms with Gasteiger partial charge in [-0.2, -0.15) is 0 Å². The van der Waals surface area contributed by atoms with E-state index < -0.39 is 5.96 Å². The molecular weight excluding hydrogens is 403 g/mol. The zero-order valence-corrected chi connectivity index (χ0v) is 20.0. The molecule has 1 aliphatic rings. The van der Waals surface area contributed by atoms with Crippen molar-refractivity contribution in [1.82, 2.24) is 0 Å². The van der Waals surface area contributed by atoms with E-state index in [1.807, 2.05) is 0 Å². The first-order valence-electron chi connectivity index (χ1n) is 10.9. The molecule has 0 heterocycles. The topological polar surface area (TPSA) is 0 Å². The Balaban J connectivity index is 2.10. The van der Waals surface area contributed by atoms with Crippen molar-refractivity contribution < 1.29 is 0 Å². The van der Waals surface area contributed by atoms with E-state index in [1.54, 1.807) is 5.57 Å². The molecule has 4 rings (SSSR count). The molecule has 0 unspecified atom stereocenters. The zero-order chi connectivity index (χ0) is 21.3. The van der Waals surface area contributed by atoms with E-state index in [4.69, 9.17) is 11.2 Å². The monoisotopic (exact) mass is 434 g/mol. The molecule has 0 radical (unpaired) electrons. The van der Waals surface area contributed by atoms with E-state index in [0.29, 0.717) is 0 Å². The van der Waals surface area contributed by atoms with Gasteiger partial charge in [0.15, 0.2) is 0 Å². The number of hydrogen-bond acceptors (Lipinski definition) is 0. The Morgan fingerprint density at radius 2 is 1.13 bits per heavy atom. The summed E-state index contributed by atoms with van der Waals surface area (Å²) in [6.07, 6.45) is 4.56. The summed E-state index contributed by atoms with van der Waals surface area (Å²) in [5.74, 6) is -3.25. The third-order valence-electron chi connectivity index (χ3n) is 7.02. The molecule has 0 aromatic heterocycles. The van der Waals surface area contributed by atoms with Crippen LogP contribution in [0.2, 0.25) is 0 Å². The van der Waals surface area contributed by atoms with Crippen molar-refractivity contribution in [3.8, 4) is 0 Å². The summed E-state index contributed by atoms with van der Waals surface area (Å²) in [4.78, 5) is 0. The van der Waals surface area contributed by atoms with E-state index in [1.165, 1.54) is 40.7 Å². The van der Waals surface area contributed by atoms with Crippen molar-refractivity contribution in [3.05, 3.63) is 102 Å². The molecule has 3 aromatic rings. The Hall–Kier alpha value is -1.88. The van der Waals surface area contributed by atoms with Crippen LogP contribution in [0.15, 0.2) is 102 Å².